The van der Waals surface area contributed by atoms with E-state index in [-0.39, 0.29) is 0 Å². The Morgan fingerprint density at radius 3 is 2.63 bits per heavy atom. The van der Waals surface area contributed by atoms with Crippen LogP contribution >= 0.6 is 0 Å². The standard InChI is InChI=1S/C16H31N3/c1-4-7-8-9-10-16(17-11-5-2)12-15-13-18-19(6-3)14-15/h13-14,16-17H,4-12H2,1-3H3. The summed E-state index contributed by atoms with van der Waals surface area (Å²) in [4.78, 5) is 0. The van der Waals surface area contributed by atoms with Crippen molar-refractivity contribution in [3.05, 3.63) is 18.0 Å². The number of hydrogen-bond donors (Lipinski definition) is 1. The van der Waals surface area contributed by atoms with Gasteiger partial charge in [0.15, 0.2) is 0 Å². The maximum atomic E-state index is 4.37. The Labute approximate surface area is 118 Å². The van der Waals surface area contributed by atoms with E-state index in [1.54, 1.807) is 0 Å². The Morgan fingerprint density at radius 1 is 1.16 bits per heavy atom. The summed E-state index contributed by atoms with van der Waals surface area (Å²) in [6, 6.07) is 0.617. The van der Waals surface area contributed by atoms with E-state index in [1.807, 2.05) is 10.9 Å². The Kier molecular flexibility index (Phi) is 8.55. The van der Waals surface area contributed by atoms with Gasteiger partial charge < -0.3 is 5.32 Å². The van der Waals surface area contributed by atoms with Crippen molar-refractivity contribution in [1.29, 1.82) is 0 Å². The predicted octanol–water partition coefficient (Wildman–Crippen LogP) is 3.78. The third-order valence-electron chi connectivity index (χ3n) is 3.58. The highest BCUT2D eigenvalue weighted by molar-refractivity contribution is 5.06. The van der Waals surface area contributed by atoms with E-state index < -0.39 is 0 Å². The number of nitrogens with one attached hydrogen (secondary N) is 1. The molecule has 0 spiro atoms. The van der Waals surface area contributed by atoms with Crippen LogP contribution in [-0.4, -0.2) is 22.4 Å². The summed E-state index contributed by atoms with van der Waals surface area (Å²) >= 11 is 0. The first kappa shape index (κ1) is 16.2. The molecule has 0 fully saturated rings. The molecule has 0 aliphatic heterocycles. The topological polar surface area (TPSA) is 29.9 Å². The first-order chi connectivity index (χ1) is 9.30. The van der Waals surface area contributed by atoms with Crippen molar-refractivity contribution in [2.45, 2.75) is 78.3 Å². The monoisotopic (exact) mass is 265 g/mol. The molecule has 1 unspecified atom stereocenters. The lowest BCUT2D eigenvalue weighted by molar-refractivity contribution is 0.453. The van der Waals surface area contributed by atoms with E-state index in [9.17, 15) is 0 Å². The number of hydrogen-bond acceptors (Lipinski definition) is 2. The van der Waals surface area contributed by atoms with E-state index in [2.05, 4.69) is 37.4 Å². The molecule has 0 radical (unpaired) electrons. The lowest BCUT2D eigenvalue weighted by Crippen LogP contribution is -2.31. The summed E-state index contributed by atoms with van der Waals surface area (Å²) in [5, 5.41) is 8.05. The second kappa shape index (κ2) is 10.0. The molecule has 1 N–H and O–H groups in total. The van der Waals surface area contributed by atoms with Gasteiger partial charge >= 0.3 is 0 Å². The van der Waals surface area contributed by atoms with Gasteiger partial charge in [-0.1, -0.05) is 39.5 Å². The van der Waals surface area contributed by atoms with Crippen LogP contribution in [0.4, 0.5) is 0 Å². The SMILES string of the molecule is CCCCCCC(Cc1cnn(CC)c1)NCCC. The molecule has 0 bridgehead atoms. The van der Waals surface area contributed by atoms with E-state index in [0.29, 0.717) is 6.04 Å². The quantitative estimate of drug-likeness (QED) is 0.617. The molecule has 1 aromatic rings. The fraction of sp³-hybridized carbons (Fsp3) is 0.812. The number of unbranched alkanes of at least 4 members (excludes halogenated alkanes) is 3. The normalized spacial score (nSPS) is 12.8. The van der Waals surface area contributed by atoms with Crippen LogP contribution in [-0.2, 0) is 13.0 Å². The average Bonchev–Trinajstić information content (AvgIpc) is 2.88. The van der Waals surface area contributed by atoms with Crippen molar-refractivity contribution >= 4 is 0 Å². The van der Waals surface area contributed by atoms with Gasteiger partial charge in [0.05, 0.1) is 6.20 Å². The molecule has 0 amide bonds. The number of nitrogens with zero attached hydrogens (tertiary/aromatic N) is 2. The smallest absolute Gasteiger partial charge is 0.0522 e. The number of aryl methyl sites for hydroxylation is 1. The summed E-state index contributed by atoms with van der Waals surface area (Å²) in [6.07, 6.45) is 13.2. The molecule has 0 saturated carbocycles. The van der Waals surface area contributed by atoms with Crippen LogP contribution in [0.25, 0.3) is 0 Å². The van der Waals surface area contributed by atoms with Crippen LogP contribution in [0.5, 0.6) is 0 Å². The Hall–Kier alpha value is -0.830. The molecule has 110 valence electrons. The molecule has 19 heavy (non-hydrogen) atoms. The summed E-state index contributed by atoms with van der Waals surface area (Å²) in [5.41, 5.74) is 1.37. The second-order valence-corrected chi connectivity index (χ2v) is 5.41. The van der Waals surface area contributed by atoms with Crippen LogP contribution in [0.3, 0.4) is 0 Å². The zero-order valence-corrected chi connectivity index (χ0v) is 13.0. The summed E-state index contributed by atoms with van der Waals surface area (Å²) in [7, 11) is 0. The van der Waals surface area contributed by atoms with Gasteiger partial charge in [-0.2, -0.15) is 5.10 Å². The lowest BCUT2D eigenvalue weighted by Gasteiger charge is -2.17. The Balaban J connectivity index is 2.38. The average molecular weight is 265 g/mol. The van der Waals surface area contributed by atoms with Gasteiger partial charge in [0, 0.05) is 18.8 Å². The molecule has 3 heteroatoms. The predicted molar refractivity (Wildman–Crippen MR) is 82.4 cm³/mol. The van der Waals surface area contributed by atoms with Crippen molar-refractivity contribution in [3.63, 3.8) is 0 Å². The van der Waals surface area contributed by atoms with Gasteiger partial charge in [-0.15, -0.1) is 0 Å². The van der Waals surface area contributed by atoms with Crippen molar-refractivity contribution in [3.8, 4) is 0 Å². The van der Waals surface area contributed by atoms with Gasteiger partial charge in [0.1, 0.15) is 0 Å². The lowest BCUT2D eigenvalue weighted by atomic mass is 10.0. The molecular formula is C16H31N3. The van der Waals surface area contributed by atoms with E-state index >= 15 is 0 Å². The van der Waals surface area contributed by atoms with Crippen molar-refractivity contribution < 1.29 is 0 Å². The third kappa shape index (κ3) is 6.76. The molecule has 0 aliphatic carbocycles. The van der Waals surface area contributed by atoms with Gasteiger partial charge in [0.2, 0.25) is 0 Å². The Bertz CT molecular complexity index is 320. The van der Waals surface area contributed by atoms with Crippen LogP contribution in [0.15, 0.2) is 12.4 Å². The second-order valence-electron chi connectivity index (χ2n) is 5.41. The molecule has 0 saturated heterocycles. The number of aromatic nitrogens is 2. The molecule has 0 aliphatic rings. The maximum Gasteiger partial charge on any atom is 0.0522 e. The zero-order valence-electron chi connectivity index (χ0n) is 13.0. The minimum atomic E-state index is 0.617. The Morgan fingerprint density at radius 2 is 2.00 bits per heavy atom. The van der Waals surface area contributed by atoms with Crippen LogP contribution in [0, 0.1) is 0 Å². The molecule has 1 aromatic heterocycles. The minimum absolute atomic E-state index is 0.617. The van der Waals surface area contributed by atoms with Crippen molar-refractivity contribution in [2.75, 3.05) is 6.54 Å². The van der Waals surface area contributed by atoms with Crippen LogP contribution in [0.2, 0.25) is 0 Å². The zero-order chi connectivity index (χ0) is 13.9. The van der Waals surface area contributed by atoms with Gasteiger partial charge in [-0.25, -0.2) is 0 Å². The van der Waals surface area contributed by atoms with Crippen molar-refractivity contribution in [2.24, 2.45) is 0 Å². The summed E-state index contributed by atoms with van der Waals surface area (Å²) in [6.45, 7) is 8.72. The van der Waals surface area contributed by atoms with E-state index in [1.165, 1.54) is 44.1 Å². The molecular weight excluding hydrogens is 234 g/mol. The highest BCUT2D eigenvalue weighted by Gasteiger charge is 2.09. The fourth-order valence-electron chi connectivity index (χ4n) is 2.41. The summed E-state index contributed by atoms with van der Waals surface area (Å²) in [5.74, 6) is 0. The first-order valence-corrected chi connectivity index (χ1v) is 8.04. The third-order valence-corrected chi connectivity index (χ3v) is 3.58. The van der Waals surface area contributed by atoms with Crippen molar-refractivity contribution in [1.82, 2.24) is 15.1 Å². The minimum Gasteiger partial charge on any atom is -0.314 e. The van der Waals surface area contributed by atoms with Crippen LogP contribution < -0.4 is 5.32 Å². The van der Waals surface area contributed by atoms with Gasteiger partial charge in [-0.05, 0) is 38.3 Å². The van der Waals surface area contributed by atoms with Gasteiger partial charge in [-0.3, -0.25) is 4.68 Å². The number of rotatable bonds is 11. The van der Waals surface area contributed by atoms with Crippen LogP contribution in [0.1, 0.15) is 64.9 Å². The summed E-state index contributed by atoms with van der Waals surface area (Å²) < 4.78 is 2.02. The molecule has 1 rings (SSSR count). The van der Waals surface area contributed by atoms with E-state index in [4.69, 9.17) is 0 Å². The van der Waals surface area contributed by atoms with Gasteiger partial charge in [0.25, 0.3) is 0 Å². The first-order valence-electron chi connectivity index (χ1n) is 8.04. The highest BCUT2D eigenvalue weighted by Crippen LogP contribution is 2.11. The fourth-order valence-corrected chi connectivity index (χ4v) is 2.41. The van der Waals surface area contributed by atoms with E-state index in [0.717, 1.165) is 19.5 Å². The highest BCUT2D eigenvalue weighted by atomic mass is 15.3. The molecule has 1 atom stereocenters. The largest absolute Gasteiger partial charge is 0.314 e. The molecule has 0 aromatic carbocycles. The molecule has 3 nitrogen and oxygen atoms in total. The maximum absolute atomic E-state index is 4.37. The molecule has 1 heterocycles.